The van der Waals surface area contributed by atoms with Gasteiger partial charge in [-0.1, -0.05) is 55.9 Å². The molecule has 0 aliphatic rings. The molecule has 0 fully saturated rings. The molecule has 28 heavy (non-hydrogen) atoms. The molecule has 146 valence electrons. The molecule has 6 nitrogen and oxygen atoms in total. The third-order valence-electron chi connectivity index (χ3n) is 4.08. The summed E-state index contributed by atoms with van der Waals surface area (Å²) in [5.41, 5.74) is 2.01. The van der Waals surface area contributed by atoms with Crippen LogP contribution >= 0.6 is 11.8 Å². The molecule has 0 amide bonds. The fraction of sp³-hybridized carbons (Fsp3) is 0.286. The lowest BCUT2D eigenvalue weighted by Gasteiger charge is -2.11. The van der Waals surface area contributed by atoms with E-state index < -0.39 is 0 Å². The Balaban J connectivity index is 1.79. The average Bonchev–Trinajstić information content (AvgIpc) is 3.15. The Morgan fingerprint density at radius 1 is 1.11 bits per heavy atom. The first kappa shape index (κ1) is 19.9. The van der Waals surface area contributed by atoms with E-state index >= 15 is 0 Å². The van der Waals surface area contributed by atoms with Crippen LogP contribution in [0.15, 0.2) is 58.8 Å². The lowest BCUT2D eigenvalue weighted by Crippen LogP contribution is -2.02. The van der Waals surface area contributed by atoms with Gasteiger partial charge in [0.15, 0.2) is 17.3 Å². The van der Waals surface area contributed by atoms with Gasteiger partial charge in [0.1, 0.15) is 6.61 Å². The molecule has 3 rings (SSSR count). The van der Waals surface area contributed by atoms with E-state index in [-0.39, 0.29) is 5.92 Å². The van der Waals surface area contributed by atoms with Crippen molar-refractivity contribution in [2.24, 2.45) is 5.10 Å². The molecule has 0 aliphatic carbocycles. The van der Waals surface area contributed by atoms with Gasteiger partial charge in [0.05, 0.1) is 13.3 Å². The normalized spacial score (nSPS) is 11.3. The van der Waals surface area contributed by atoms with Gasteiger partial charge >= 0.3 is 0 Å². The van der Waals surface area contributed by atoms with Crippen LogP contribution in [0.4, 0.5) is 0 Å². The minimum Gasteiger partial charge on any atom is -0.493 e. The van der Waals surface area contributed by atoms with Crippen LogP contribution in [-0.4, -0.2) is 34.5 Å². The summed E-state index contributed by atoms with van der Waals surface area (Å²) in [6.07, 6.45) is 3.74. The molecule has 0 atom stereocenters. The highest BCUT2D eigenvalue weighted by Gasteiger charge is 2.13. The van der Waals surface area contributed by atoms with Crippen LogP contribution in [-0.2, 0) is 6.61 Å². The monoisotopic (exact) mass is 396 g/mol. The number of aromatic nitrogens is 3. The van der Waals surface area contributed by atoms with Crippen LogP contribution < -0.4 is 9.47 Å². The second-order valence-electron chi connectivity index (χ2n) is 6.44. The van der Waals surface area contributed by atoms with E-state index in [1.54, 1.807) is 18.0 Å². The number of ether oxygens (including phenoxy) is 2. The maximum atomic E-state index is 5.91. The molecule has 3 aromatic rings. The smallest absolute Gasteiger partial charge is 0.211 e. The van der Waals surface area contributed by atoms with Crippen LogP contribution in [0.2, 0.25) is 0 Å². The van der Waals surface area contributed by atoms with Gasteiger partial charge in [-0.3, -0.25) is 0 Å². The van der Waals surface area contributed by atoms with Crippen molar-refractivity contribution in [3.05, 3.63) is 65.5 Å². The second-order valence-corrected chi connectivity index (χ2v) is 7.21. The molecule has 0 radical (unpaired) electrons. The summed E-state index contributed by atoms with van der Waals surface area (Å²) in [5, 5.41) is 13.8. The van der Waals surface area contributed by atoms with Crippen LogP contribution in [0.3, 0.4) is 0 Å². The summed E-state index contributed by atoms with van der Waals surface area (Å²) in [7, 11) is 1.63. The fourth-order valence-electron chi connectivity index (χ4n) is 2.62. The zero-order valence-corrected chi connectivity index (χ0v) is 17.3. The minimum absolute atomic E-state index is 0.230. The topological polar surface area (TPSA) is 61.5 Å². The number of methoxy groups -OCH3 is 1. The molecule has 1 aromatic heterocycles. The van der Waals surface area contributed by atoms with E-state index in [2.05, 4.69) is 29.1 Å². The SMILES string of the molecule is COc1cc(/C=N\n2c(SC)nnc2C(C)C)ccc1OCc1ccccc1. The number of nitrogens with zero attached hydrogens (tertiary/aromatic N) is 4. The van der Waals surface area contributed by atoms with E-state index in [0.717, 1.165) is 22.1 Å². The highest BCUT2D eigenvalue weighted by Crippen LogP contribution is 2.28. The first-order valence-corrected chi connectivity index (χ1v) is 10.2. The lowest BCUT2D eigenvalue weighted by molar-refractivity contribution is 0.284. The zero-order chi connectivity index (χ0) is 19.9. The van der Waals surface area contributed by atoms with Crippen molar-refractivity contribution in [2.45, 2.75) is 31.5 Å². The van der Waals surface area contributed by atoms with Gasteiger partial charge in [-0.2, -0.15) is 9.78 Å². The Kier molecular flexibility index (Phi) is 6.71. The van der Waals surface area contributed by atoms with Gasteiger partial charge in [-0.15, -0.1) is 10.2 Å². The van der Waals surface area contributed by atoms with Crippen LogP contribution in [0.1, 0.15) is 36.7 Å². The summed E-state index contributed by atoms with van der Waals surface area (Å²) >= 11 is 1.51. The van der Waals surface area contributed by atoms with Gasteiger partial charge in [-0.05, 0) is 35.6 Å². The number of hydrogen-bond donors (Lipinski definition) is 0. The first-order valence-electron chi connectivity index (χ1n) is 9.00. The van der Waals surface area contributed by atoms with Gasteiger partial charge in [0, 0.05) is 5.92 Å². The maximum Gasteiger partial charge on any atom is 0.211 e. The summed E-state index contributed by atoms with van der Waals surface area (Å²) in [4.78, 5) is 0. The third-order valence-corrected chi connectivity index (χ3v) is 4.70. The molecule has 1 heterocycles. The average molecular weight is 397 g/mol. The molecule has 0 aliphatic heterocycles. The van der Waals surface area contributed by atoms with E-state index in [4.69, 9.17) is 9.47 Å². The number of hydrogen-bond acceptors (Lipinski definition) is 6. The summed E-state index contributed by atoms with van der Waals surface area (Å²) in [6.45, 7) is 4.63. The Morgan fingerprint density at radius 3 is 2.57 bits per heavy atom. The predicted molar refractivity (Wildman–Crippen MR) is 113 cm³/mol. The maximum absolute atomic E-state index is 5.91. The summed E-state index contributed by atoms with van der Waals surface area (Å²) in [5.74, 6) is 2.42. The first-order chi connectivity index (χ1) is 13.6. The number of thioether (sulfide) groups is 1. The van der Waals surface area contributed by atoms with Gasteiger partial charge in [0.2, 0.25) is 5.16 Å². The molecule has 0 N–H and O–H groups in total. The summed E-state index contributed by atoms with van der Waals surface area (Å²) < 4.78 is 13.2. The third kappa shape index (κ3) is 4.72. The van der Waals surface area contributed by atoms with Gasteiger partial charge in [0.25, 0.3) is 0 Å². The molecule has 0 saturated heterocycles. The van der Waals surface area contributed by atoms with Crippen LogP contribution in [0, 0.1) is 0 Å². The van der Waals surface area contributed by atoms with E-state index in [9.17, 15) is 0 Å². The van der Waals surface area contributed by atoms with Gasteiger partial charge < -0.3 is 9.47 Å². The fourth-order valence-corrected chi connectivity index (χ4v) is 3.05. The Bertz CT molecular complexity index is 939. The molecular weight excluding hydrogens is 372 g/mol. The highest BCUT2D eigenvalue weighted by atomic mass is 32.2. The van der Waals surface area contributed by atoms with Crippen molar-refractivity contribution in [1.29, 1.82) is 0 Å². The highest BCUT2D eigenvalue weighted by molar-refractivity contribution is 7.98. The predicted octanol–water partition coefficient (Wildman–Crippen LogP) is 4.59. The lowest BCUT2D eigenvalue weighted by atomic mass is 10.2. The molecule has 0 bridgehead atoms. The van der Waals surface area contributed by atoms with Crippen molar-refractivity contribution < 1.29 is 9.47 Å². The Morgan fingerprint density at radius 2 is 1.89 bits per heavy atom. The van der Waals surface area contributed by atoms with Crippen molar-refractivity contribution in [3.8, 4) is 11.5 Å². The largest absolute Gasteiger partial charge is 0.493 e. The molecular formula is C21H24N4O2S. The Hall–Kier alpha value is -2.80. The minimum atomic E-state index is 0.230. The van der Waals surface area contributed by atoms with Crippen molar-refractivity contribution in [1.82, 2.24) is 14.9 Å². The van der Waals surface area contributed by atoms with Crippen molar-refractivity contribution in [3.63, 3.8) is 0 Å². The zero-order valence-electron chi connectivity index (χ0n) is 16.5. The van der Waals surface area contributed by atoms with Crippen molar-refractivity contribution >= 4 is 18.0 Å². The quantitative estimate of drug-likeness (QED) is 0.412. The Labute approximate surface area is 169 Å². The number of rotatable bonds is 8. The molecule has 0 spiro atoms. The van der Waals surface area contributed by atoms with Crippen LogP contribution in [0.5, 0.6) is 11.5 Å². The molecule has 0 unspecified atom stereocenters. The van der Waals surface area contributed by atoms with E-state index in [1.807, 2.05) is 54.8 Å². The molecule has 2 aromatic carbocycles. The second kappa shape index (κ2) is 9.41. The van der Waals surface area contributed by atoms with E-state index in [1.165, 1.54) is 11.8 Å². The van der Waals surface area contributed by atoms with Gasteiger partial charge in [-0.25, -0.2) is 0 Å². The number of benzene rings is 2. The van der Waals surface area contributed by atoms with Crippen molar-refractivity contribution in [2.75, 3.05) is 13.4 Å². The van der Waals surface area contributed by atoms with Crippen LogP contribution in [0.25, 0.3) is 0 Å². The summed E-state index contributed by atoms with van der Waals surface area (Å²) in [6, 6.07) is 15.8. The molecule has 7 heteroatoms. The standard InChI is InChI=1S/C21H24N4O2S/c1-15(2)20-23-24-21(28-4)25(20)22-13-17-10-11-18(19(12-17)26-3)27-14-16-8-6-5-7-9-16/h5-13,15H,14H2,1-4H3/b22-13-. The van der Waals surface area contributed by atoms with E-state index in [0.29, 0.717) is 18.1 Å². The molecule has 0 saturated carbocycles.